The van der Waals surface area contributed by atoms with Crippen molar-refractivity contribution in [3.63, 3.8) is 0 Å². The van der Waals surface area contributed by atoms with E-state index in [2.05, 4.69) is 11.6 Å². The van der Waals surface area contributed by atoms with Gasteiger partial charge in [-0.15, -0.1) is 6.58 Å². The summed E-state index contributed by atoms with van der Waals surface area (Å²) in [5, 5.41) is 1.40. The molecular formula is C20H24N2O2. The third-order valence-electron chi connectivity index (χ3n) is 4.82. The Balaban J connectivity index is 1.86. The van der Waals surface area contributed by atoms with Gasteiger partial charge in [-0.05, 0) is 36.3 Å². The topological polar surface area (TPSA) is 53.2 Å². The number of hydrogen-bond donors (Lipinski definition) is 1. The zero-order chi connectivity index (χ0) is 16.9. The van der Waals surface area contributed by atoms with Crippen LogP contribution in [0.2, 0.25) is 0 Å². The Bertz CT molecular complexity index is 788. The Kier molecular flexibility index (Phi) is 5.14. The number of pyridine rings is 1. The third-order valence-corrected chi connectivity index (χ3v) is 4.82. The first kappa shape index (κ1) is 16.5. The first-order valence-corrected chi connectivity index (χ1v) is 8.71. The van der Waals surface area contributed by atoms with Crippen molar-refractivity contribution in [2.75, 3.05) is 13.1 Å². The minimum atomic E-state index is -0.215. The molecule has 2 aromatic rings. The average Bonchev–Trinajstić information content (AvgIpc) is 2.61. The van der Waals surface area contributed by atoms with Crippen LogP contribution < -0.4 is 5.56 Å². The first-order chi connectivity index (χ1) is 11.7. The molecule has 24 heavy (non-hydrogen) atoms. The third kappa shape index (κ3) is 3.58. The van der Waals surface area contributed by atoms with Crippen molar-refractivity contribution in [2.45, 2.75) is 32.1 Å². The van der Waals surface area contributed by atoms with Crippen LogP contribution in [0.5, 0.6) is 0 Å². The van der Waals surface area contributed by atoms with Gasteiger partial charge in [-0.25, -0.2) is 0 Å². The van der Waals surface area contributed by atoms with E-state index in [1.807, 2.05) is 23.1 Å². The molecule has 1 aliphatic carbocycles. The molecular weight excluding hydrogens is 300 g/mol. The zero-order valence-corrected chi connectivity index (χ0v) is 14.0. The minimum absolute atomic E-state index is 0.122. The Morgan fingerprint density at radius 3 is 2.75 bits per heavy atom. The molecule has 1 aliphatic rings. The molecule has 3 rings (SSSR count). The van der Waals surface area contributed by atoms with Gasteiger partial charge in [0.05, 0.1) is 0 Å². The average molecular weight is 324 g/mol. The van der Waals surface area contributed by atoms with Crippen LogP contribution >= 0.6 is 0 Å². The summed E-state index contributed by atoms with van der Waals surface area (Å²) in [5.41, 5.74) is 0.143. The SMILES string of the molecule is C=CCN(CC1CCCCC1)C(=O)c1cc2ccccc2c(=O)[nH]1. The zero-order valence-electron chi connectivity index (χ0n) is 14.0. The number of H-pyrrole nitrogens is 1. The molecule has 0 bridgehead atoms. The van der Waals surface area contributed by atoms with Crippen molar-refractivity contribution in [3.8, 4) is 0 Å². The first-order valence-electron chi connectivity index (χ1n) is 8.71. The molecule has 4 heteroatoms. The smallest absolute Gasteiger partial charge is 0.270 e. The fourth-order valence-corrected chi connectivity index (χ4v) is 3.57. The number of rotatable bonds is 5. The molecule has 0 spiro atoms. The van der Waals surface area contributed by atoms with Crippen LogP contribution in [0, 0.1) is 5.92 Å². The van der Waals surface area contributed by atoms with Gasteiger partial charge in [0.25, 0.3) is 11.5 Å². The van der Waals surface area contributed by atoms with Crippen LogP contribution in [0.15, 0.2) is 47.8 Å². The molecule has 1 aromatic heterocycles. The van der Waals surface area contributed by atoms with Crippen LogP contribution in [0.3, 0.4) is 0 Å². The lowest BCUT2D eigenvalue weighted by Crippen LogP contribution is -2.37. The van der Waals surface area contributed by atoms with E-state index in [-0.39, 0.29) is 11.5 Å². The molecule has 0 atom stereocenters. The van der Waals surface area contributed by atoms with Gasteiger partial charge in [-0.1, -0.05) is 43.5 Å². The quantitative estimate of drug-likeness (QED) is 0.852. The molecule has 1 amide bonds. The summed E-state index contributed by atoms with van der Waals surface area (Å²) in [7, 11) is 0. The number of nitrogens with one attached hydrogen (secondary N) is 1. The highest BCUT2D eigenvalue weighted by Crippen LogP contribution is 2.25. The van der Waals surface area contributed by atoms with Crippen LogP contribution in [-0.4, -0.2) is 28.9 Å². The lowest BCUT2D eigenvalue weighted by atomic mass is 9.89. The van der Waals surface area contributed by atoms with E-state index in [1.165, 1.54) is 32.1 Å². The molecule has 1 heterocycles. The van der Waals surface area contributed by atoms with Crippen LogP contribution in [0.25, 0.3) is 10.8 Å². The van der Waals surface area contributed by atoms with Gasteiger partial charge < -0.3 is 9.88 Å². The number of nitrogens with zero attached hydrogens (tertiary/aromatic N) is 1. The minimum Gasteiger partial charge on any atom is -0.333 e. The van der Waals surface area contributed by atoms with Crippen molar-refractivity contribution >= 4 is 16.7 Å². The number of hydrogen-bond acceptors (Lipinski definition) is 2. The lowest BCUT2D eigenvalue weighted by Gasteiger charge is -2.29. The molecule has 1 aromatic carbocycles. The largest absolute Gasteiger partial charge is 0.333 e. The van der Waals surface area contributed by atoms with E-state index in [9.17, 15) is 9.59 Å². The van der Waals surface area contributed by atoms with Gasteiger partial charge >= 0.3 is 0 Å². The fourth-order valence-electron chi connectivity index (χ4n) is 3.57. The molecule has 1 fully saturated rings. The highest BCUT2D eigenvalue weighted by molar-refractivity contribution is 5.96. The van der Waals surface area contributed by atoms with Gasteiger partial charge in [-0.3, -0.25) is 9.59 Å². The number of aromatic nitrogens is 1. The number of amides is 1. The van der Waals surface area contributed by atoms with Crippen molar-refractivity contribution < 1.29 is 4.79 Å². The van der Waals surface area contributed by atoms with Crippen molar-refractivity contribution in [2.24, 2.45) is 5.92 Å². The highest BCUT2D eigenvalue weighted by atomic mass is 16.2. The lowest BCUT2D eigenvalue weighted by molar-refractivity contribution is 0.0729. The molecule has 0 unspecified atom stereocenters. The van der Waals surface area contributed by atoms with Crippen molar-refractivity contribution in [1.29, 1.82) is 0 Å². The van der Waals surface area contributed by atoms with E-state index < -0.39 is 0 Å². The number of carbonyl (C=O) groups is 1. The van der Waals surface area contributed by atoms with Gasteiger partial charge in [0.15, 0.2) is 0 Å². The summed E-state index contributed by atoms with van der Waals surface area (Å²) in [6.45, 7) is 5.01. The van der Waals surface area contributed by atoms with E-state index in [0.717, 1.165) is 11.9 Å². The Morgan fingerprint density at radius 2 is 2.00 bits per heavy atom. The summed E-state index contributed by atoms with van der Waals surface area (Å²) in [6, 6.07) is 9.11. The van der Waals surface area contributed by atoms with Gasteiger partial charge in [0, 0.05) is 18.5 Å². The van der Waals surface area contributed by atoms with Crippen molar-refractivity contribution in [1.82, 2.24) is 9.88 Å². The predicted octanol–water partition coefficient (Wildman–Crippen LogP) is 3.74. The molecule has 0 radical (unpaired) electrons. The Labute approximate surface area is 142 Å². The highest BCUT2D eigenvalue weighted by Gasteiger charge is 2.22. The maximum atomic E-state index is 12.9. The summed E-state index contributed by atoms with van der Waals surface area (Å²) in [6.07, 6.45) is 7.88. The van der Waals surface area contributed by atoms with E-state index in [4.69, 9.17) is 0 Å². The van der Waals surface area contributed by atoms with E-state index >= 15 is 0 Å². The molecule has 1 saturated carbocycles. The van der Waals surface area contributed by atoms with Gasteiger partial charge in [0.2, 0.25) is 0 Å². The Hall–Kier alpha value is -2.36. The number of benzene rings is 1. The molecule has 0 aliphatic heterocycles. The number of aromatic amines is 1. The molecule has 1 N–H and O–H groups in total. The predicted molar refractivity (Wildman–Crippen MR) is 97.2 cm³/mol. The second kappa shape index (κ2) is 7.47. The molecule has 0 saturated heterocycles. The van der Waals surface area contributed by atoms with Crippen molar-refractivity contribution in [3.05, 3.63) is 59.0 Å². The maximum Gasteiger partial charge on any atom is 0.270 e. The van der Waals surface area contributed by atoms with Crippen LogP contribution in [-0.2, 0) is 0 Å². The van der Waals surface area contributed by atoms with Crippen LogP contribution in [0.4, 0.5) is 0 Å². The molecule has 4 nitrogen and oxygen atoms in total. The summed E-state index contributed by atoms with van der Waals surface area (Å²) >= 11 is 0. The van der Waals surface area contributed by atoms with Gasteiger partial charge in [0.1, 0.15) is 5.69 Å². The molecule has 126 valence electrons. The second-order valence-electron chi connectivity index (χ2n) is 6.60. The number of carbonyl (C=O) groups excluding carboxylic acids is 1. The van der Waals surface area contributed by atoms with E-state index in [1.54, 1.807) is 18.2 Å². The normalized spacial score (nSPS) is 15.3. The summed E-state index contributed by atoms with van der Waals surface area (Å²) in [5.74, 6) is 0.429. The summed E-state index contributed by atoms with van der Waals surface area (Å²) < 4.78 is 0. The van der Waals surface area contributed by atoms with E-state index in [0.29, 0.717) is 23.5 Å². The number of fused-ring (bicyclic) bond motifs is 1. The Morgan fingerprint density at radius 1 is 1.25 bits per heavy atom. The standard InChI is InChI=1S/C20H24N2O2/c1-2-12-22(14-15-8-4-3-5-9-15)20(24)18-13-16-10-6-7-11-17(16)19(23)21-18/h2,6-7,10-11,13,15H,1,3-5,8-9,12,14H2,(H,21,23). The maximum absolute atomic E-state index is 12.9. The van der Waals surface area contributed by atoms with Crippen LogP contribution in [0.1, 0.15) is 42.6 Å². The fraction of sp³-hybridized carbons (Fsp3) is 0.400. The second-order valence-corrected chi connectivity index (χ2v) is 6.60. The summed E-state index contributed by atoms with van der Waals surface area (Å²) in [4.78, 5) is 29.7. The monoisotopic (exact) mass is 324 g/mol. The van der Waals surface area contributed by atoms with Gasteiger partial charge in [-0.2, -0.15) is 0 Å².